The molecule has 0 aliphatic carbocycles. The Kier molecular flexibility index (Phi) is 3.29. The first-order valence-corrected chi connectivity index (χ1v) is 6.94. The lowest BCUT2D eigenvalue weighted by molar-refractivity contribution is 0.0697. The maximum Gasteiger partial charge on any atom is 0.339 e. The number of hydrogen-bond acceptors (Lipinski definition) is 5. The van der Waals surface area contributed by atoms with Gasteiger partial charge in [-0.25, -0.2) is 9.78 Å². The second-order valence-corrected chi connectivity index (χ2v) is 5.52. The van der Waals surface area contributed by atoms with Gasteiger partial charge in [0, 0.05) is 38.9 Å². The molecule has 0 aromatic carbocycles. The smallest absolute Gasteiger partial charge is 0.339 e. The Hall–Kier alpha value is -2.15. The van der Waals surface area contributed by atoms with Crippen molar-refractivity contribution in [2.75, 3.05) is 24.6 Å². The summed E-state index contributed by atoms with van der Waals surface area (Å²) >= 11 is 0. The van der Waals surface area contributed by atoms with Gasteiger partial charge in [-0.2, -0.15) is 5.10 Å². The van der Waals surface area contributed by atoms with Crippen LogP contribution < -0.4 is 4.90 Å². The van der Waals surface area contributed by atoms with Crippen LogP contribution in [0.15, 0.2) is 6.20 Å². The van der Waals surface area contributed by atoms with Crippen molar-refractivity contribution in [2.45, 2.75) is 13.3 Å². The number of nitrogens with zero attached hydrogens (tertiary/aromatic N) is 4. The fraction of sp³-hybridized carbons (Fsp3) is 0.500. The second kappa shape index (κ2) is 5.00. The van der Waals surface area contributed by atoms with Crippen LogP contribution >= 0.6 is 0 Å². The van der Waals surface area contributed by atoms with Crippen LogP contribution in [0, 0.1) is 12.8 Å². The van der Waals surface area contributed by atoms with Crippen LogP contribution in [0.1, 0.15) is 22.5 Å². The van der Waals surface area contributed by atoms with Crippen LogP contribution in [0.5, 0.6) is 0 Å². The molecule has 1 aliphatic rings. The molecule has 3 rings (SSSR count). The van der Waals surface area contributed by atoms with E-state index in [-0.39, 0.29) is 18.1 Å². The molecule has 3 heterocycles. The minimum Gasteiger partial charge on any atom is -0.478 e. The van der Waals surface area contributed by atoms with Gasteiger partial charge in [0.15, 0.2) is 5.65 Å². The highest BCUT2D eigenvalue weighted by Gasteiger charge is 2.29. The predicted molar refractivity (Wildman–Crippen MR) is 77.6 cm³/mol. The molecule has 2 N–H and O–H groups in total. The van der Waals surface area contributed by atoms with Gasteiger partial charge < -0.3 is 15.1 Å². The largest absolute Gasteiger partial charge is 0.478 e. The Balaban J connectivity index is 2.22. The number of carbonyl (C=O) groups is 1. The molecule has 0 saturated carbocycles. The fourth-order valence-corrected chi connectivity index (χ4v) is 3.06. The Morgan fingerprint density at radius 3 is 2.90 bits per heavy atom. The Bertz CT molecular complexity index is 710. The molecule has 1 fully saturated rings. The van der Waals surface area contributed by atoms with Gasteiger partial charge in [-0.15, -0.1) is 0 Å². The summed E-state index contributed by atoms with van der Waals surface area (Å²) in [5.74, 6) is -0.804. The lowest BCUT2D eigenvalue weighted by Crippen LogP contribution is -2.23. The summed E-state index contributed by atoms with van der Waals surface area (Å²) in [6.45, 7) is 3.38. The number of aromatic nitrogens is 3. The molecule has 112 valence electrons. The second-order valence-electron chi connectivity index (χ2n) is 5.52. The molecule has 0 bridgehead atoms. The zero-order valence-corrected chi connectivity index (χ0v) is 12.1. The van der Waals surface area contributed by atoms with E-state index >= 15 is 0 Å². The minimum atomic E-state index is -0.991. The zero-order valence-electron chi connectivity index (χ0n) is 12.1. The summed E-state index contributed by atoms with van der Waals surface area (Å²) in [5, 5.41) is 23.9. The number of carboxylic acids is 1. The van der Waals surface area contributed by atoms with Crippen molar-refractivity contribution in [2.24, 2.45) is 13.0 Å². The quantitative estimate of drug-likeness (QED) is 0.868. The number of pyridine rings is 1. The van der Waals surface area contributed by atoms with E-state index in [0.29, 0.717) is 17.9 Å². The summed E-state index contributed by atoms with van der Waals surface area (Å²) in [4.78, 5) is 17.8. The van der Waals surface area contributed by atoms with E-state index in [1.165, 1.54) is 6.20 Å². The standard InChI is InChI=1S/C14H18N4O3/c1-8-11-12(18-4-3-9(6-18)7-19)10(14(20)21)5-15-13(11)17(2)16-8/h5,9,19H,3-4,6-7H2,1-2H3,(H,20,21). The molecule has 1 unspecified atom stereocenters. The summed E-state index contributed by atoms with van der Waals surface area (Å²) in [7, 11) is 1.80. The van der Waals surface area contributed by atoms with Crippen LogP contribution in [0.3, 0.4) is 0 Å². The van der Waals surface area contributed by atoms with Crippen molar-refractivity contribution < 1.29 is 15.0 Å². The Morgan fingerprint density at radius 1 is 1.52 bits per heavy atom. The van der Waals surface area contributed by atoms with Gasteiger partial charge in [0.1, 0.15) is 5.56 Å². The molecule has 21 heavy (non-hydrogen) atoms. The number of hydrogen-bond donors (Lipinski definition) is 2. The van der Waals surface area contributed by atoms with E-state index < -0.39 is 5.97 Å². The first-order chi connectivity index (χ1) is 10.0. The third-order valence-corrected chi connectivity index (χ3v) is 4.09. The SMILES string of the molecule is Cc1nn(C)c2ncc(C(=O)O)c(N3CCC(CO)C3)c12. The summed E-state index contributed by atoms with van der Waals surface area (Å²) < 4.78 is 1.67. The Morgan fingerprint density at radius 2 is 2.29 bits per heavy atom. The average Bonchev–Trinajstić information content (AvgIpc) is 3.03. The van der Waals surface area contributed by atoms with E-state index in [2.05, 4.69) is 10.1 Å². The lowest BCUT2D eigenvalue weighted by Gasteiger charge is -2.21. The number of carboxylic acid groups (broad SMARTS) is 1. The number of aryl methyl sites for hydroxylation is 2. The summed E-state index contributed by atoms with van der Waals surface area (Å²) in [6.07, 6.45) is 2.26. The van der Waals surface area contributed by atoms with Crippen LogP contribution in [0.25, 0.3) is 11.0 Å². The maximum absolute atomic E-state index is 11.5. The highest BCUT2D eigenvalue weighted by molar-refractivity contribution is 6.04. The topological polar surface area (TPSA) is 91.5 Å². The number of anilines is 1. The number of aromatic carboxylic acids is 1. The summed E-state index contributed by atoms with van der Waals surface area (Å²) in [5.41, 5.74) is 2.32. The van der Waals surface area contributed by atoms with Crippen molar-refractivity contribution in [1.82, 2.24) is 14.8 Å². The highest BCUT2D eigenvalue weighted by Crippen LogP contribution is 2.34. The maximum atomic E-state index is 11.5. The highest BCUT2D eigenvalue weighted by atomic mass is 16.4. The van der Waals surface area contributed by atoms with E-state index in [0.717, 1.165) is 24.0 Å². The molecule has 0 radical (unpaired) electrons. The molecule has 2 aromatic rings. The van der Waals surface area contributed by atoms with Crippen molar-refractivity contribution in [1.29, 1.82) is 0 Å². The van der Waals surface area contributed by atoms with Gasteiger partial charge in [-0.05, 0) is 13.3 Å². The molecule has 1 aliphatic heterocycles. The molecule has 7 nitrogen and oxygen atoms in total. The number of rotatable bonds is 3. The van der Waals surface area contributed by atoms with Gasteiger partial charge in [0.2, 0.25) is 0 Å². The monoisotopic (exact) mass is 290 g/mol. The van der Waals surface area contributed by atoms with Gasteiger partial charge >= 0.3 is 5.97 Å². The lowest BCUT2D eigenvalue weighted by atomic mass is 10.1. The van der Waals surface area contributed by atoms with Crippen LogP contribution in [0.2, 0.25) is 0 Å². The molecular formula is C14H18N4O3. The molecule has 1 atom stereocenters. The van der Waals surface area contributed by atoms with E-state index in [4.69, 9.17) is 0 Å². The van der Waals surface area contributed by atoms with Crippen molar-refractivity contribution >= 4 is 22.7 Å². The predicted octanol–water partition coefficient (Wildman–Crippen LogP) is 0.794. The third kappa shape index (κ3) is 2.13. The number of fused-ring (bicyclic) bond motifs is 1. The number of aliphatic hydroxyl groups excluding tert-OH is 1. The normalized spacial score (nSPS) is 18.6. The van der Waals surface area contributed by atoms with Gasteiger partial charge in [-0.1, -0.05) is 0 Å². The molecular weight excluding hydrogens is 272 g/mol. The first-order valence-electron chi connectivity index (χ1n) is 6.94. The van der Waals surface area contributed by atoms with E-state index in [1.807, 2.05) is 11.8 Å². The Labute approximate surface area is 121 Å². The van der Waals surface area contributed by atoms with E-state index in [9.17, 15) is 15.0 Å². The zero-order chi connectivity index (χ0) is 15.1. The fourth-order valence-electron chi connectivity index (χ4n) is 3.06. The van der Waals surface area contributed by atoms with Crippen molar-refractivity contribution in [3.63, 3.8) is 0 Å². The van der Waals surface area contributed by atoms with Crippen LogP contribution in [-0.2, 0) is 7.05 Å². The van der Waals surface area contributed by atoms with Crippen LogP contribution in [0.4, 0.5) is 5.69 Å². The van der Waals surface area contributed by atoms with Gasteiger partial charge in [0.05, 0.1) is 16.8 Å². The number of aliphatic hydroxyl groups is 1. The third-order valence-electron chi connectivity index (χ3n) is 4.09. The van der Waals surface area contributed by atoms with Crippen molar-refractivity contribution in [3.05, 3.63) is 17.5 Å². The molecule has 0 amide bonds. The molecule has 7 heteroatoms. The molecule has 0 spiro atoms. The summed E-state index contributed by atoms with van der Waals surface area (Å²) in [6, 6.07) is 0. The molecule has 1 saturated heterocycles. The van der Waals surface area contributed by atoms with Gasteiger partial charge in [-0.3, -0.25) is 4.68 Å². The minimum absolute atomic E-state index is 0.124. The van der Waals surface area contributed by atoms with Gasteiger partial charge in [0.25, 0.3) is 0 Å². The average molecular weight is 290 g/mol. The molecule has 2 aromatic heterocycles. The first kappa shape index (κ1) is 13.8. The van der Waals surface area contributed by atoms with Crippen LogP contribution in [-0.4, -0.2) is 50.6 Å². The van der Waals surface area contributed by atoms with E-state index in [1.54, 1.807) is 11.7 Å². The van der Waals surface area contributed by atoms with Crippen molar-refractivity contribution in [3.8, 4) is 0 Å².